The summed E-state index contributed by atoms with van der Waals surface area (Å²) in [6.45, 7) is 7.64. The Morgan fingerprint density at radius 2 is 1.63 bits per heavy atom. The number of hydrogen-bond acceptors (Lipinski definition) is 7. The molecule has 1 aromatic rings. The summed E-state index contributed by atoms with van der Waals surface area (Å²) in [5.41, 5.74) is 0.335. The average molecular weight is 412 g/mol. The zero-order valence-corrected chi connectivity index (χ0v) is 17.9. The van der Waals surface area contributed by atoms with E-state index in [4.69, 9.17) is 5.26 Å². The Labute approximate surface area is 179 Å². The topological polar surface area (TPSA) is 79.6 Å². The number of nitrogens with zero attached hydrogens (tertiary/aromatic N) is 7. The first-order valence-corrected chi connectivity index (χ1v) is 11.5. The van der Waals surface area contributed by atoms with E-state index < -0.39 is 0 Å². The molecule has 0 unspecified atom stereocenters. The molecule has 0 spiro atoms. The van der Waals surface area contributed by atoms with E-state index >= 15 is 0 Å². The molecule has 8 nitrogen and oxygen atoms in total. The number of rotatable bonds is 4. The summed E-state index contributed by atoms with van der Waals surface area (Å²) in [5.74, 6) is 1.07. The molecule has 1 amide bonds. The molecule has 162 valence electrons. The maximum absolute atomic E-state index is 12.8. The molecule has 1 saturated carbocycles. The van der Waals surface area contributed by atoms with Crippen LogP contribution in [-0.4, -0.2) is 95.7 Å². The second-order valence-electron chi connectivity index (χ2n) is 8.71. The van der Waals surface area contributed by atoms with Crippen LogP contribution in [0.3, 0.4) is 0 Å². The van der Waals surface area contributed by atoms with Gasteiger partial charge in [-0.3, -0.25) is 14.6 Å². The molecule has 0 bridgehead atoms. The highest BCUT2D eigenvalue weighted by Crippen LogP contribution is 2.23. The van der Waals surface area contributed by atoms with E-state index in [0.717, 1.165) is 64.2 Å². The Morgan fingerprint density at radius 1 is 0.933 bits per heavy atom. The normalized spacial score (nSPS) is 22.5. The summed E-state index contributed by atoms with van der Waals surface area (Å²) in [7, 11) is 0. The van der Waals surface area contributed by atoms with E-state index in [1.807, 2.05) is 12.1 Å². The molecule has 3 fully saturated rings. The number of carbonyl (C=O) groups excluding carboxylic acids is 1. The summed E-state index contributed by atoms with van der Waals surface area (Å²) in [5, 5.41) is 16.9. The summed E-state index contributed by atoms with van der Waals surface area (Å²) in [6.07, 6.45) is 8.18. The first-order valence-electron chi connectivity index (χ1n) is 11.5. The van der Waals surface area contributed by atoms with Crippen LogP contribution in [0.5, 0.6) is 0 Å². The van der Waals surface area contributed by atoms with Gasteiger partial charge >= 0.3 is 0 Å². The lowest BCUT2D eigenvalue weighted by atomic mass is 10.1. The molecule has 0 atom stereocenters. The quantitative estimate of drug-likeness (QED) is 0.692. The monoisotopic (exact) mass is 411 g/mol. The van der Waals surface area contributed by atoms with Crippen LogP contribution < -0.4 is 4.90 Å². The van der Waals surface area contributed by atoms with Crippen molar-refractivity contribution in [2.45, 2.75) is 44.6 Å². The van der Waals surface area contributed by atoms with Crippen LogP contribution >= 0.6 is 0 Å². The molecule has 2 saturated heterocycles. The Balaban J connectivity index is 1.19. The molecule has 4 rings (SSSR count). The first-order chi connectivity index (χ1) is 14.7. The lowest BCUT2D eigenvalue weighted by molar-refractivity contribution is -0.134. The van der Waals surface area contributed by atoms with Crippen molar-refractivity contribution in [3.05, 3.63) is 17.8 Å². The van der Waals surface area contributed by atoms with Crippen molar-refractivity contribution in [2.75, 3.05) is 63.8 Å². The Kier molecular flexibility index (Phi) is 7.13. The number of amides is 1. The van der Waals surface area contributed by atoms with E-state index in [-0.39, 0.29) is 5.91 Å². The highest BCUT2D eigenvalue weighted by molar-refractivity contribution is 5.78. The molecule has 0 radical (unpaired) electrons. The predicted molar refractivity (Wildman–Crippen MR) is 115 cm³/mol. The maximum atomic E-state index is 12.8. The third-order valence-corrected chi connectivity index (χ3v) is 6.83. The van der Waals surface area contributed by atoms with Gasteiger partial charge in [-0.05, 0) is 25.0 Å². The third-order valence-electron chi connectivity index (χ3n) is 6.83. The molecule has 3 aliphatic rings. The van der Waals surface area contributed by atoms with Gasteiger partial charge in [0.05, 0.1) is 6.54 Å². The number of hydrogen-bond donors (Lipinski definition) is 0. The standard InChI is InChI=1S/C22H33N7O/c23-17-19-7-8-21(25-24-19)28-11-9-26(10-12-28)18-22(30)29-15-13-27(14-16-29)20-5-3-1-2-4-6-20/h7-8,20H,1-6,9-16,18H2. The molecule has 3 heterocycles. The van der Waals surface area contributed by atoms with Crippen molar-refractivity contribution < 1.29 is 4.79 Å². The number of piperazine rings is 2. The summed E-state index contributed by atoms with van der Waals surface area (Å²) in [4.78, 5) is 21.9. The van der Waals surface area contributed by atoms with E-state index in [9.17, 15) is 4.79 Å². The molecule has 1 aliphatic carbocycles. The van der Waals surface area contributed by atoms with Gasteiger partial charge in [0, 0.05) is 58.4 Å². The van der Waals surface area contributed by atoms with Gasteiger partial charge in [0.1, 0.15) is 6.07 Å². The summed E-state index contributed by atoms with van der Waals surface area (Å²) < 4.78 is 0. The van der Waals surface area contributed by atoms with E-state index in [2.05, 4.69) is 29.8 Å². The highest BCUT2D eigenvalue weighted by Gasteiger charge is 2.28. The number of nitriles is 1. The van der Waals surface area contributed by atoms with Crippen LogP contribution in [0.1, 0.15) is 44.2 Å². The second kappa shape index (κ2) is 10.2. The van der Waals surface area contributed by atoms with Crippen molar-refractivity contribution in [1.82, 2.24) is 24.9 Å². The average Bonchev–Trinajstić information content (AvgIpc) is 3.09. The summed E-state index contributed by atoms with van der Waals surface area (Å²) in [6, 6.07) is 6.28. The van der Waals surface area contributed by atoms with Crippen LogP contribution in [0.4, 0.5) is 5.82 Å². The number of aromatic nitrogens is 2. The van der Waals surface area contributed by atoms with Crippen LogP contribution in [0, 0.1) is 11.3 Å². The molecular weight excluding hydrogens is 378 g/mol. The largest absolute Gasteiger partial charge is 0.353 e. The van der Waals surface area contributed by atoms with E-state index in [1.54, 1.807) is 6.07 Å². The van der Waals surface area contributed by atoms with Crippen LogP contribution in [0.2, 0.25) is 0 Å². The Morgan fingerprint density at radius 3 is 2.23 bits per heavy atom. The van der Waals surface area contributed by atoms with Crippen molar-refractivity contribution in [3.8, 4) is 6.07 Å². The van der Waals surface area contributed by atoms with E-state index in [0.29, 0.717) is 12.2 Å². The maximum Gasteiger partial charge on any atom is 0.236 e. The van der Waals surface area contributed by atoms with Gasteiger partial charge in [0.25, 0.3) is 0 Å². The van der Waals surface area contributed by atoms with Crippen molar-refractivity contribution in [2.24, 2.45) is 0 Å². The van der Waals surface area contributed by atoms with Crippen LogP contribution in [0.15, 0.2) is 12.1 Å². The molecule has 0 aromatic carbocycles. The highest BCUT2D eigenvalue weighted by atomic mass is 16.2. The van der Waals surface area contributed by atoms with Gasteiger partial charge in [-0.2, -0.15) is 5.26 Å². The lowest BCUT2D eigenvalue weighted by Gasteiger charge is -2.40. The fourth-order valence-electron chi connectivity index (χ4n) is 4.94. The minimum atomic E-state index is 0.266. The number of carbonyl (C=O) groups is 1. The van der Waals surface area contributed by atoms with Gasteiger partial charge in [0.2, 0.25) is 5.91 Å². The molecule has 8 heteroatoms. The zero-order valence-electron chi connectivity index (χ0n) is 17.9. The molecule has 2 aliphatic heterocycles. The SMILES string of the molecule is N#Cc1ccc(N2CCN(CC(=O)N3CCN(C4CCCCCC4)CC3)CC2)nn1. The fraction of sp³-hybridized carbons (Fsp3) is 0.727. The molecular formula is C22H33N7O. The van der Waals surface area contributed by atoms with Gasteiger partial charge in [-0.15, -0.1) is 10.2 Å². The Hall–Kier alpha value is -2.24. The number of anilines is 1. The van der Waals surface area contributed by atoms with Crippen molar-refractivity contribution in [3.63, 3.8) is 0 Å². The van der Waals surface area contributed by atoms with Gasteiger partial charge in [-0.25, -0.2) is 0 Å². The smallest absolute Gasteiger partial charge is 0.236 e. The van der Waals surface area contributed by atoms with Crippen LogP contribution in [-0.2, 0) is 4.79 Å². The van der Waals surface area contributed by atoms with Crippen molar-refractivity contribution in [1.29, 1.82) is 5.26 Å². The minimum Gasteiger partial charge on any atom is -0.353 e. The van der Waals surface area contributed by atoms with E-state index in [1.165, 1.54) is 38.5 Å². The fourth-order valence-corrected chi connectivity index (χ4v) is 4.94. The van der Waals surface area contributed by atoms with Gasteiger partial charge in [0.15, 0.2) is 11.5 Å². The molecule has 30 heavy (non-hydrogen) atoms. The van der Waals surface area contributed by atoms with Gasteiger partial charge in [-0.1, -0.05) is 25.7 Å². The molecule has 0 N–H and O–H groups in total. The minimum absolute atomic E-state index is 0.266. The zero-order chi connectivity index (χ0) is 20.8. The molecule has 1 aromatic heterocycles. The predicted octanol–water partition coefficient (Wildman–Crippen LogP) is 1.34. The van der Waals surface area contributed by atoms with Crippen molar-refractivity contribution >= 4 is 11.7 Å². The Bertz CT molecular complexity index is 723. The lowest BCUT2D eigenvalue weighted by Crippen LogP contribution is -2.55. The first kappa shape index (κ1) is 21.0. The van der Waals surface area contributed by atoms with Gasteiger partial charge < -0.3 is 9.80 Å². The second-order valence-corrected chi connectivity index (χ2v) is 8.71. The van der Waals surface area contributed by atoms with Crippen LogP contribution in [0.25, 0.3) is 0 Å². The third kappa shape index (κ3) is 5.27. The summed E-state index contributed by atoms with van der Waals surface area (Å²) >= 11 is 0.